The second kappa shape index (κ2) is 7.52. The van der Waals surface area contributed by atoms with Crippen LogP contribution in [0.5, 0.6) is 0 Å². The molecule has 0 spiro atoms. The third-order valence-corrected chi connectivity index (χ3v) is 2.01. The van der Waals surface area contributed by atoms with Crippen molar-refractivity contribution in [2.75, 3.05) is 13.1 Å². The number of rotatable bonds is 6. The molecule has 1 N–H and O–H groups in total. The highest BCUT2D eigenvalue weighted by molar-refractivity contribution is 6.53. The van der Waals surface area contributed by atoms with Gasteiger partial charge in [-0.05, 0) is 13.8 Å². The molecule has 0 aromatic carbocycles. The molecule has 16 heavy (non-hydrogen) atoms. The van der Waals surface area contributed by atoms with Gasteiger partial charge in [-0.15, -0.1) is 6.58 Å². The van der Waals surface area contributed by atoms with Gasteiger partial charge in [0.05, 0.1) is 6.54 Å². The lowest BCUT2D eigenvalue weighted by atomic mass is 10.3. The molecular formula is C10H16Cl2N2O2. The van der Waals surface area contributed by atoms with Crippen molar-refractivity contribution < 1.29 is 9.59 Å². The van der Waals surface area contributed by atoms with E-state index < -0.39 is 10.7 Å². The molecule has 0 saturated heterocycles. The maximum absolute atomic E-state index is 11.5. The Morgan fingerprint density at radius 1 is 1.44 bits per heavy atom. The van der Waals surface area contributed by atoms with Crippen molar-refractivity contribution in [3.63, 3.8) is 0 Å². The highest BCUT2D eigenvalue weighted by Crippen LogP contribution is 2.06. The molecule has 2 amide bonds. The lowest BCUT2D eigenvalue weighted by Gasteiger charge is -2.21. The molecule has 0 aromatic rings. The average Bonchev–Trinajstić information content (AvgIpc) is 2.14. The van der Waals surface area contributed by atoms with Crippen LogP contribution in [0.15, 0.2) is 12.7 Å². The minimum atomic E-state index is -1.16. The molecule has 0 aliphatic rings. The summed E-state index contributed by atoms with van der Waals surface area (Å²) < 4.78 is 0. The summed E-state index contributed by atoms with van der Waals surface area (Å²) in [6.45, 7) is 7.34. The Labute approximate surface area is 106 Å². The number of amides is 2. The Kier molecular flexibility index (Phi) is 7.17. The highest BCUT2D eigenvalue weighted by atomic mass is 35.5. The van der Waals surface area contributed by atoms with Gasteiger partial charge in [-0.1, -0.05) is 29.3 Å². The lowest BCUT2D eigenvalue weighted by Crippen LogP contribution is -2.44. The smallest absolute Gasteiger partial charge is 0.256 e. The normalized spacial score (nSPS) is 10.4. The summed E-state index contributed by atoms with van der Waals surface area (Å²) in [6.07, 6.45) is 1.51. The summed E-state index contributed by atoms with van der Waals surface area (Å²) >= 11 is 10.9. The predicted octanol–water partition coefficient (Wildman–Crippen LogP) is 1.33. The van der Waals surface area contributed by atoms with E-state index in [1.54, 1.807) is 0 Å². The number of halogens is 2. The molecule has 0 bridgehead atoms. The Balaban J connectivity index is 4.38. The summed E-state index contributed by atoms with van der Waals surface area (Å²) in [7, 11) is 0. The van der Waals surface area contributed by atoms with Gasteiger partial charge in [0, 0.05) is 12.6 Å². The van der Waals surface area contributed by atoms with Crippen molar-refractivity contribution in [2.45, 2.75) is 24.7 Å². The van der Waals surface area contributed by atoms with E-state index in [1.165, 1.54) is 11.0 Å². The fourth-order valence-electron chi connectivity index (χ4n) is 1.07. The van der Waals surface area contributed by atoms with Gasteiger partial charge in [-0.25, -0.2) is 0 Å². The van der Waals surface area contributed by atoms with E-state index in [-0.39, 0.29) is 25.0 Å². The van der Waals surface area contributed by atoms with Gasteiger partial charge in [0.15, 0.2) is 4.84 Å². The van der Waals surface area contributed by atoms with Gasteiger partial charge < -0.3 is 10.2 Å². The first kappa shape index (κ1) is 15.3. The van der Waals surface area contributed by atoms with E-state index in [2.05, 4.69) is 11.9 Å². The summed E-state index contributed by atoms with van der Waals surface area (Å²) in [6, 6.07) is 0.0241. The first-order valence-electron chi connectivity index (χ1n) is 4.85. The van der Waals surface area contributed by atoms with Crippen LogP contribution in [0.2, 0.25) is 0 Å². The van der Waals surface area contributed by atoms with Crippen molar-refractivity contribution in [2.24, 2.45) is 0 Å². The Hall–Kier alpha value is -0.740. The molecule has 0 aliphatic heterocycles. The molecule has 0 heterocycles. The Morgan fingerprint density at radius 2 is 2.00 bits per heavy atom. The molecule has 4 nitrogen and oxygen atoms in total. The predicted molar refractivity (Wildman–Crippen MR) is 65.5 cm³/mol. The first-order valence-corrected chi connectivity index (χ1v) is 5.73. The van der Waals surface area contributed by atoms with Crippen LogP contribution in [0.3, 0.4) is 0 Å². The van der Waals surface area contributed by atoms with Crippen molar-refractivity contribution in [1.29, 1.82) is 0 Å². The molecule has 0 rings (SSSR count). The summed E-state index contributed by atoms with van der Waals surface area (Å²) in [5, 5.41) is 2.67. The van der Waals surface area contributed by atoms with Crippen molar-refractivity contribution in [3.05, 3.63) is 12.7 Å². The number of hydrogen-bond acceptors (Lipinski definition) is 2. The van der Waals surface area contributed by atoms with Crippen molar-refractivity contribution in [1.82, 2.24) is 10.2 Å². The Bertz CT molecular complexity index is 268. The average molecular weight is 267 g/mol. The highest BCUT2D eigenvalue weighted by Gasteiger charge is 2.21. The minimum absolute atomic E-state index is 0.0241. The molecule has 0 fully saturated rings. The fraction of sp³-hybridized carbons (Fsp3) is 0.600. The maximum Gasteiger partial charge on any atom is 0.256 e. The number of alkyl halides is 2. The standard InChI is InChI=1S/C10H16Cl2N2O2/c1-4-5-14(10(16)9(11)12)6-8(15)13-7(2)3/h4,7,9H,1,5-6H2,2-3H3,(H,13,15). The number of nitrogens with one attached hydrogen (secondary N) is 1. The third-order valence-electron chi connectivity index (χ3n) is 1.63. The van der Waals surface area contributed by atoms with Gasteiger partial charge in [-0.3, -0.25) is 9.59 Å². The number of nitrogens with zero attached hydrogens (tertiary/aromatic N) is 1. The maximum atomic E-state index is 11.5. The van der Waals surface area contributed by atoms with Gasteiger partial charge in [0.2, 0.25) is 5.91 Å². The van der Waals surface area contributed by atoms with E-state index in [1.807, 2.05) is 13.8 Å². The van der Waals surface area contributed by atoms with Crippen LogP contribution in [-0.2, 0) is 9.59 Å². The zero-order valence-electron chi connectivity index (χ0n) is 9.37. The van der Waals surface area contributed by atoms with Crippen LogP contribution >= 0.6 is 23.2 Å². The zero-order valence-corrected chi connectivity index (χ0v) is 10.9. The van der Waals surface area contributed by atoms with Gasteiger partial charge >= 0.3 is 0 Å². The molecular weight excluding hydrogens is 251 g/mol. The first-order chi connectivity index (χ1) is 7.38. The van der Waals surface area contributed by atoms with Crippen LogP contribution in [-0.4, -0.2) is 40.7 Å². The Morgan fingerprint density at radius 3 is 2.38 bits per heavy atom. The molecule has 0 aromatic heterocycles. The van der Waals surface area contributed by atoms with Crippen LogP contribution < -0.4 is 5.32 Å². The molecule has 92 valence electrons. The molecule has 0 unspecified atom stereocenters. The molecule has 0 atom stereocenters. The van der Waals surface area contributed by atoms with Crippen LogP contribution in [0.4, 0.5) is 0 Å². The summed E-state index contributed by atoms with van der Waals surface area (Å²) in [4.78, 5) is 23.0. The van der Waals surface area contributed by atoms with E-state index in [0.717, 1.165) is 0 Å². The zero-order chi connectivity index (χ0) is 12.7. The largest absolute Gasteiger partial charge is 0.352 e. The minimum Gasteiger partial charge on any atom is -0.352 e. The summed E-state index contributed by atoms with van der Waals surface area (Å²) in [5.41, 5.74) is 0. The molecule has 0 radical (unpaired) electrons. The van der Waals surface area contributed by atoms with E-state index >= 15 is 0 Å². The fourth-order valence-corrected chi connectivity index (χ4v) is 1.34. The SMILES string of the molecule is C=CCN(CC(=O)NC(C)C)C(=O)C(Cl)Cl. The number of carbonyl (C=O) groups excluding carboxylic acids is 2. The van der Waals surface area contributed by atoms with E-state index in [9.17, 15) is 9.59 Å². The van der Waals surface area contributed by atoms with Gasteiger partial charge in [0.1, 0.15) is 0 Å². The summed E-state index contributed by atoms with van der Waals surface area (Å²) in [5.74, 6) is -0.749. The van der Waals surface area contributed by atoms with Crippen molar-refractivity contribution in [3.8, 4) is 0 Å². The van der Waals surface area contributed by atoms with Crippen molar-refractivity contribution >= 4 is 35.0 Å². The topological polar surface area (TPSA) is 49.4 Å². The van der Waals surface area contributed by atoms with E-state index in [0.29, 0.717) is 0 Å². The second-order valence-corrected chi connectivity index (χ2v) is 4.63. The van der Waals surface area contributed by atoms with Gasteiger partial charge in [0.25, 0.3) is 5.91 Å². The van der Waals surface area contributed by atoms with E-state index in [4.69, 9.17) is 23.2 Å². The molecule has 0 saturated carbocycles. The quantitative estimate of drug-likeness (QED) is 0.583. The lowest BCUT2D eigenvalue weighted by molar-refractivity contribution is -0.134. The van der Waals surface area contributed by atoms with Gasteiger partial charge in [-0.2, -0.15) is 0 Å². The second-order valence-electron chi connectivity index (χ2n) is 3.53. The molecule has 6 heteroatoms. The monoisotopic (exact) mass is 266 g/mol. The number of carbonyl (C=O) groups is 2. The van der Waals surface area contributed by atoms with Crippen LogP contribution in [0.1, 0.15) is 13.8 Å². The third kappa shape index (κ3) is 5.98. The van der Waals surface area contributed by atoms with Crippen LogP contribution in [0.25, 0.3) is 0 Å². The molecule has 0 aliphatic carbocycles. The number of hydrogen-bond donors (Lipinski definition) is 1. The van der Waals surface area contributed by atoms with Crippen LogP contribution in [0, 0.1) is 0 Å².